The predicted octanol–water partition coefficient (Wildman–Crippen LogP) is 1.19. The highest BCUT2D eigenvalue weighted by atomic mass is 32.1. The van der Waals surface area contributed by atoms with Crippen LogP contribution in [0.2, 0.25) is 0 Å². The molecule has 3 heteroatoms. The Morgan fingerprint density at radius 3 is 3.00 bits per heavy atom. The van der Waals surface area contributed by atoms with Gasteiger partial charge in [-0.3, -0.25) is 5.10 Å². The predicted molar refractivity (Wildman–Crippen MR) is 40.9 cm³/mol. The van der Waals surface area contributed by atoms with Crippen LogP contribution in [-0.2, 0) is 6.42 Å². The SMILES string of the molecule is Cc1[nH]ncc1CCS. The van der Waals surface area contributed by atoms with Gasteiger partial charge in [0, 0.05) is 5.69 Å². The molecule has 0 saturated heterocycles. The van der Waals surface area contributed by atoms with Crippen LogP contribution in [0.4, 0.5) is 0 Å². The lowest BCUT2D eigenvalue weighted by atomic mass is 10.2. The lowest BCUT2D eigenvalue weighted by Gasteiger charge is -1.90. The Hall–Kier alpha value is -0.440. The zero-order valence-electron chi connectivity index (χ0n) is 5.39. The molecule has 1 aromatic heterocycles. The second-order valence-electron chi connectivity index (χ2n) is 1.99. The maximum atomic E-state index is 4.11. The van der Waals surface area contributed by atoms with Crippen LogP contribution in [0.1, 0.15) is 11.3 Å². The summed E-state index contributed by atoms with van der Waals surface area (Å²) in [5, 5.41) is 6.75. The first-order chi connectivity index (χ1) is 4.34. The highest BCUT2D eigenvalue weighted by Crippen LogP contribution is 2.03. The number of nitrogens with zero attached hydrogens (tertiary/aromatic N) is 1. The van der Waals surface area contributed by atoms with Crippen LogP contribution in [0.3, 0.4) is 0 Å². The molecule has 0 aliphatic carbocycles. The lowest BCUT2D eigenvalue weighted by Crippen LogP contribution is -1.85. The zero-order valence-corrected chi connectivity index (χ0v) is 6.28. The van der Waals surface area contributed by atoms with E-state index in [1.807, 2.05) is 13.1 Å². The average molecular weight is 142 g/mol. The molecular formula is C6H10N2S. The fourth-order valence-electron chi connectivity index (χ4n) is 0.748. The molecule has 0 amide bonds. The molecule has 0 bridgehead atoms. The quantitative estimate of drug-likeness (QED) is 0.597. The van der Waals surface area contributed by atoms with Gasteiger partial charge in [-0.25, -0.2) is 0 Å². The zero-order chi connectivity index (χ0) is 6.69. The van der Waals surface area contributed by atoms with Crippen LogP contribution in [-0.4, -0.2) is 16.0 Å². The van der Waals surface area contributed by atoms with E-state index in [4.69, 9.17) is 0 Å². The number of aromatic nitrogens is 2. The molecule has 1 N–H and O–H groups in total. The summed E-state index contributed by atoms with van der Waals surface area (Å²) in [6.07, 6.45) is 2.86. The number of hydrogen-bond acceptors (Lipinski definition) is 2. The van der Waals surface area contributed by atoms with Crippen molar-refractivity contribution in [1.82, 2.24) is 10.2 Å². The second-order valence-corrected chi connectivity index (χ2v) is 2.44. The molecule has 1 aromatic rings. The van der Waals surface area contributed by atoms with Gasteiger partial charge in [0.05, 0.1) is 6.20 Å². The van der Waals surface area contributed by atoms with Crippen LogP contribution in [0.25, 0.3) is 0 Å². The highest BCUT2D eigenvalue weighted by Gasteiger charge is 1.96. The molecule has 2 nitrogen and oxygen atoms in total. The molecule has 50 valence electrons. The third-order valence-corrected chi connectivity index (χ3v) is 1.54. The fraction of sp³-hybridized carbons (Fsp3) is 0.500. The van der Waals surface area contributed by atoms with Crippen molar-refractivity contribution in [2.24, 2.45) is 0 Å². The van der Waals surface area contributed by atoms with Crippen molar-refractivity contribution >= 4 is 12.6 Å². The Labute approximate surface area is 60.1 Å². The van der Waals surface area contributed by atoms with Gasteiger partial charge in [0.2, 0.25) is 0 Å². The summed E-state index contributed by atoms with van der Waals surface area (Å²) in [6, 6.07) is 0. The summed E-state index contributed by atoms with van der Waals surface area (Å²) in [4.78, 5) is 0. The van der Waals surface area contributed by atoms with E-state index in [1.54, 1.807) is 0 Å². The summed E-state index contributed by atoms with van der Waals surface area (Å²) in [6.45, 7) is 2.02. The molecule has 0 unspecified atom stereocenters. The monoisotopic (exact) mass is 142 g/mol. The molecule has 0 fully saturated rings. The molecule has 0 aliphatic heterocycles. The van der Waals surface area contributed by atoms with Gasteiger partial charge in [0.1, 0.15) is 0 Å². The van der Waals surface area contributed by atoms with Crippen molar-refractivity contribution in [3.63, 3.8) is 0 Å². The Kier molecular flexibility index (Phi) is 2.16. The maximum Gasteiger partial charge on any atom is 0.0522 e. The molecule has 0 spiro atoms. The summed E-state index contributed by atoms with van der Waals surface area (Å²) in [5.74, 6) is 0.889. The van der Waals surface area contributed by atoms with Crippen molar-refractivity contribution < 1.29 is 0 Å². The van der Waals surface area contributed by atoms with Gasteiger partial charge in [-0.05, 0) is 24.7 Å². The van der Waals surface area contributed by atoms with Crippen molar-refractivity contribution in [2.45, 2.75) is 13.3 Å². The molecule has 9 heavy (non-hydrogen) atoms. The van der Waals surface area contributed by atoms with Crippen LogP contribution in [0.5, 0.6) is 0 Å². The minimum absolute atomic E-state index is 0.889. The van der Waals surface area contributed by atoms with Crippen LogP contribution >= 0.6 is 12.6 Å². The average Bonchev–Trinajstić information content (AvgIpc) is 2.18. The third-order valence-electron chi connectivity index (χ3n) is 1.32. The van der Waals surface area contributed by atoms with Crippen LogP contribution < -0.4 is 0 Å². The molecule has 1 heterocycles. The third kappa shape index (κ3) is 1.48. The Balaban J connectivity index is 2.69. The van der Waals surface area contributed by atoms with Gasteiger partial charge in [0.15, 0.2) is 0 Å². The normalized spacial score (nSPS) is 10.0. The largest absolute Gasteiger partial charge is 0.283 e. The van der Waals surface area contributed by atoms with Crippen molar-refractivity contribution in [2.75, 3.05) is 5.75 Å². The van der Waals surface area contributed by atoms with Crippen molar-refractivity contribution in [3.05, 3.63) is 17.5 Å². The lowest BCUT2D eigenvalue weighted by molar-refractivity contribution is 1.04. The number of H-pyrrole nitrogens is 1. The van der Waals surface area contributed by atoms with Crippen molar-refractivity contribution in [3.8, 4) is 0 Å². The molecule has 0 aromatic carbocycles. The number of nitrogens with one attached hydrogen (secondary N) is 1. The Morgan fingerprint density at radius 2 is 2.56 bits per heavy atom. The van der Waals surface area contributed by atoms with Crippen molar-refractivity contribution in [1.29, 1.82) is 0 Å². The molecule has 1 rings (SSSR count). The van der Waals surface area contributed by atoms with E-state index < -0.39 is 0 Å². The van der Waals surface area contributed by atoms with E-state index in [0.29, 0.717) is 0 Å². The summed E-state index contributed by atoms with van der Waals surface area (Å²) in [7, 11) is 0. The topological polar surface area (TPSA) is 28.7 Å². The maximum absolute atomic E-state index is 4.11. The summed E-state index contributed by atoms with van der Waals surface area (Å²) >= 11 is 4.11. The number of rotatable bonds is 2. The van der Waals surface area contributed by atoms with E-state index in [0.717, 1.165) is 17.9 Å². The molecule has 0 aliphatic rings. The van der Waals surface area contributed by atoms with E-state index in [-0.39, 0.29) is 0 Å². The molecular weight excluding hydrogens is 132 g/mol. The number of aryl methyl sites for hydroxylation is 2. The first kappa shape index (κ1) is 6.68. The van der Waals surface area contributed by atoms with Crippen LogP contribution in [0.15, 0.2) is 6.20 Å². The minimum Gasteiger partial charge on any atom is -0.283 e. The fourth-order valence-corrected chi connectivity index (χ4v) is 0.989. The summed E-state index contributed by atoms with van der Waals surface area (Å²) < 4.78 is 0. The van der Waals surface area contributed by atoms with E-state index in [2.05, 4.69) is 22.8 Å². The van der Waals surface area contributed by atoms with E-state index in [9.17, 15) is 0 Å². The van der Waals surface area contributed by atoms with Gasteiger partial charge in [-0.15, -0.1) is 0 Å². The van der Waals surface area contributed by atoms with Gasteiger partial charge in [-0.1, -0.05) is 0 Å². The van der Waals surface area contributed by atoms with Gasteiger partial charge in [-0.2, -0.15) is 17.7 Å². The van der Waals surface area contributed by atoms with Gasteiger partial charge in [0.25, 0.3) is 0 Å². The smallest absolute Gasteiger partial charge is 0.0522 e. The molecule has 0 saturated carbocycles. The summed E-state index contributed by atoms with van der Waals surface area (Å²) in [5.41, 5.74) is 2.43. The standard InChI is InChI=1S/C6H10N2S/c1-5-6(2-3-9)4-7-8-5/h4,9H,2-3H2,1H3,(H,7,8). The Morgan fingerprint density at radius 1 is 1.78 bits per heavy atom. The van der Waals surface area contributed by atoms with Crippen LogP contribution in [0, 0.1) is 6.92 Å². The molecule has 0 radical (unpaired) electrons. The first-order valence-electron chi connectivity index (χ1n) is 2.94. The number of hydrogen-bond donors (Lipinski definition) is 2. The van der Waals surface area contributed by atoms with Gasteiger partial charge < -0.3 is 0 Å². The minimum atomic E-state index is 0.889. The van der Waals surface area contributed by atoms with Gasteiger partial charge >= 0.3 is 0 Å². The van der Waals surface area contributed by atoms with E-state index in [1.165, 1.54) is 5.56 Å². The second kappa shape index (κ2) is 2.92. The number of aromatic amines is 1. The van der Waals surface area contributed by atoms with E-state index >= 15 is 0 Å². The number of thiol groups is 1. The highest BCUT2D eigenvalue weighted by molar-refractivity contribution is 7.80. The first-order valence-corrected chi connectivity index (χ1v) is 3.57. The molecule has 0 atom stereocenters. The Bertz CT molecular complexity index is 183.